The highest BCUT2D eigenvalue weighted by atomic mass is 28.4. The summed E-state index contributed by atoms with van der Waals surface area (Å²) in [6, 6.07) is 0. The number of rotatable bonds is 5. The van der Waals surface area contributed by atoms with E-state index in [1.807, 2.05) is 39.2 Å². The van der Waals surface area contributed by atoms with Crippen molar-refractivity contribution in [3.05, 3.63) is 11.7 Å². The number of carboxylic acid groups (broad SMARTS) is 1. The molecule has 1 amide bonds. The highest BCUT2D eigenvalue weighted by Gasteiger charge is 2.37. The molecule has 0 bridgehead atoms. The van der Waals surface area contributed by atoms with Crippen LogP contribution in [0.2, 0.25) is 18.1 Å². The lowest BCUT2D eigenvalue weighted by atomic mass is 10.2. The summed E-state index contributed by atoms with van der Waals surface area (Å²) in [6.07, 6.45) is -3.22. The van der Waals surface area contributed by atoms with Crippen molar-refractivity contribution in [2.45, 2.75) is 38.9 Å². The molecule has 0 saturated heterocycles. The van der Waals surface area contributed by atoms with Crippen LogP contribution in [0, 0.1) is 0 Å². The Labute approximate surface area is 107 Å². The van der Waals surface area contributed by atoms with Gasteiger partial charge >= 0.3 is 6.09 Å². The molecule has 0 spiro atoms. The van der Waals surface area contributed by atoms with Crippen molar-refractivity contribution in [3.63, 3.8) is 0 Å². The Kier molecular flexibility index (Phi) is 5.95. The van der Waals surface area contributed by atoms with Crippen molar-refractivity contribution >= 4 is 14.4 Å². The molecule has 0 atom stereocenters. The summed E-state index contributed by atoms with van der Waals surface area (Å²) < 4.78 is 30.8. The van der Waals surface area contributed by atoms with E-state index in [0.717, 1.165) is 0 Å². The summed E-state index contributed by atoms with van der Waals surface area (Å²) in [5, 5.41) is 10.2. The molecule has 0 saturated carbocycles. The van der Waals surface area contributed by atoms with Crippen LogP contribution in [-0.4, -0.2) is 32.7 Å². The molecule has 2 N–H and O–H groups in total. The third kappa shape index (κ3) is 5.59. The molecule has 4 nitrogen and oxygen atoms in total. The van der Waals surface area contributed by atoms with Gasteiger partial charge in [0.25, 0.3) is 6.08 Å². The largest absolute Gasteiger partial charge is 0.465 e. The monoisotopic (exact) mass is 281 g/mol. The summed E-state index contributed by atoms with van der Waals surface area (Å²) >= 11 is 0. The second-order valence-electron chi connectivity index (χ2n) is 5.57. The van der Waals surface area contributed by atoms with E-state index in [0.29, 0.717) is 0 Å². The average Bonchev–Trinajstić information content (AvgIpc) is 2.14. The smallest absolute Gasteiger partial charge is 0.404 e. The molecule has 0 unspecified atom stereocenters. The molecular weight excluding hydrogens is 260 g/mol. The Hall–Kier alpha value is -0.953. The molecule has 18 heavy (non-hydrogen) atoms. The Balaban J connectivity index is 4.57. The van der Waals surface area contributed by atoms with Gasteiger partial charge in [-0.1, -0.05) is 20.8 Å². The summed E-state index contributed by atoms with van der Waals surface area (Å²) in [7, 11) is -2.11. The Morgan fingerprint density at radius 3 is 2.17 bits per heavy atom. The summed E-state index contributed by atoms with van der Waals surface area (Å²) in [5.41, 5.74) is -0.317. The van der Waals surface area contributed by atoms with Gasteiger partial charge in [0.05, 0.1) is 6.61 Å². The van der Waals surface area contributed by atoms with Crippen molar-refractivity contribution in [2.24, 2.45) is 0 Å². The van der Waals surface area contributed by atoms with Crippen molar-refractivity contribution in [2.75, 3.05) is 13.2 Å². The van der Waals surface area contributed by atoms with Crippen LogP contribution in [0.4, 0.5) is 13.6 Å². The zero-order valence-corrected chi connectivity index (χ0v) is 12.4. The second-order valence-corrected chi connectivity index (χ2v) is 10.4. The van der Waals surface area contributed by atoms with Gasteiger partial charge in [-0.2, -0.15) is 8.78 Å². The van der Waals surface area contributed by atoms with Crippen LogP contribution < -0.4 is 5.32 Å². The van der Waals surface area contributed by atoms with Gasteiger partial charge in [0, 0.05) is 12.1 Å². The minimum absolute atomic E-state index is 0.0782. The Bertz CT molecular complexity index is 334. The lowest BCUT2D eigenvalue weighted by molar-refractivity contribution is 0.194. The van der Waals surface area contributed by atoms with E-state index in [4.69, 9.17) is 9.53 Å². The molecule has 7 heteroatoms. The van der Waals surface area contributed by atoms with E-state index in [2.05, 4.69) is 0 Å². The first-order valence-corrected chi connectivity index (χ1v) is 8.52. The molecule has 0 aromatic carbocycles. The number of hydrogen-bond acceptors (Lipinski definition) is 2. The molecule has 0 fully saturated rings. The minimum Gasteiger partial charge on any atom is -0.465 e. The molecule has 0 rings (SSSR count). The normalized spacial score (nSPS) is 12.2. The maximum absolute atomic E-state index is 12.6. The molecule has 0 heterocycles. The van der Waals surface area contributed by atoms with Crippen LogP contribution in [0.25, 0.3) is 0 Å². The Morgan fingerprint density at radius 2 is 1.83 bits per heavy atom. The van der Waals surface area contributed by atoms with Gasteiger partial charge in [0.2, 0.25) is 0 Å². The van der Waals surface area contributed by atoms with E-state index < -0.39 is 27.0 Å². The standard InChI is InChI=1S/C11H21F2NO3Si/c1-11(2,3)18(4,5)17-7-8(9(12)13)6-14-10(15)16/h14H,6-7H2,1-5H3,(H,15,16). The number of carbonyl (C=O) groups is 1. The fraction of sp³-hybridized carbons (Fsp3) is 0.727. The van der Waals surface area contributed by atoms with Crippen LogP contribution >= 0.6 is 0 Å². The van der Waals surface area contributed by atoms with Crippen molar-refractivity contribution in [1.29, 1.82) is 0 Å². The van der Waals surface area contributed by atoms with E-state index in [1.165, 1.54) is 0 Å². The minimum atomic E-state index is -2.11. The van der Waals surface area contributed by atoms with Gasteiger partial charge in [0.1, 0.15) is 0 Å². The lowest BCUT2D eigenvalue weighted by Crippen LogP contribution is -2.41. The van der Waals surface area contributed by atoms with Gasteiger partial charge in [-0.15, -0.1) is 0 Å². The van der Waals surface area contributed by atoms with E-state index in [9.17, 15) is 13.6 Å². The van der Waals surface area contributed by atoms with E-state index >= 15 is 0 Å². The van der Waals surface area contributed by atoms with Gasteiger partial charge in [-0.3, -0.25) is 0 Å². The zero-order chi connectivity index (χ0) is 14.6. The molecule has 0 radical (unpaired) electrons. The van der Waals surface area contributed by atoms with Gasteiger partial charge in [-0.25, -0.2) is 4.79 Å². The lowest BCUT2D eigenvalue weighted by Gasteiger charge is -2.36. The average molecular weight is 281 g/mol. The maximum Gasteiger partial charge on any atom is 0.404 e. The van der Waals surface area contributed by atoms with Crippen LogP contribution in [0.1, 0.15) is 20.8 Å². The first kappa shape index (κ1) is 17.0. The van der Waals surface area contributed by atoms with Crippen molar-refractivity contribution < 1.29 is 23.1 Å². The molecule has 0 aliphatic rings. The first-order valence-electron chi connectivity index (χ1n) is 5.61. The quantitative estimate of drug-likeness (QED) is 0.759. The van der Waals surface area contributed by atoms with Crippen molar-refractivity contribution in [1.82, 2.24) is 5.32 Å². The van der Waals surface area contributed by atoms with Gasteiger partial charge in [-0.05, 0) is 18.1 Å². The molecular formula is C11H21F2NO3Si. The maximum atomic E-state index is 12.6. The molecule has 0 aromatic heterocycles. The van der Waals surface area contributed by atoms with Crippen LogP contribution in [-0.2, 0) is 4.43 Å². The summed E-state index contributed by atoms with van der Waals surface area (Å²) in [4.78, 5) is 10.3. The van der Waals surface area contributed by atoms with Crippen LogP contribution in [0.15, 0.2) is 11.7 Å². The van der Waals surface area contributed by atoms with Crippen LogP contribution in [0.5, 0.6) is 0 Å². The fourth-order valence-electron chi connectivity index (χ4n) is 0.839. The highest BCUT2D eigenvalue weighted by molar-refractivity contribution is 6.74. The summed E-state index contributed by atoms with van der Waals surface area (Å²) in [6.45, 7) is 9.26. The number of halogens is 2. The number of hydrogen-bond donors (Lipinski definition) is 2. The number of nitrogens with one attached hydrogen (secondary N) is 1. The van der Waals surface area contributed by atoms with E-state index in [1.54, 1.807) is 0 Å². The number of amides is 1. The topological polar surface area (TPSA) is 58.6 Å². The van der Waals surface area contributed by atoms with Crippen LogP contribution in [0.3, 0.4) is 0 Å². The summed E-state index contributed by atoms with van der Waals surface area (Å²) in [5.74, 6) is 0. The zero-order valence-electron chi connectivity index (χ0n) is 11.4. The molecule has 0 aromatic rings. The SMILES string of the molecule is CC(C)(C)[Si](C)(C)OCC(CNC(=O)O)=C(F)F. The Morgan fingerprint density at radius 1 is 1.33 bits per heavy atom. The predicted molar refractivity (Wildman–Crippen MR) is 68.4 cm³/mol. The highest BCUT2D eigenvalue weighted by Crippen LogP contribution is 2.36. The molecule has 0 aliphatic heterocycles. The van der Waals surface area contributed by atoms with Crippen molar-refractivity contribution in [3.8, 4) is 0 Å². The van der Waals surface area contributed by atoms with Gasteiger partial charge < -0.3 is 14.8 Å². The fourth-order valence-corrected chi connectivity index (χ4v) is 1.81. The second kappa shape index (κ2) is 6.28. The molecule has 0 aliphatic carbocycles. The van der Waals surface area contributed by atoms with Gasteiger partial charge in [0.15, 0.2) is 8.32 Å². The first-order chi connectivity index (χ1) is 7.97. The third-order valence-corrected chi connectivity index (χ3v) is 7.61. The predicted octanol–water partition coefficient (Wildman–Crippen LogP) is 3.43. The molecule has 106 valence electrons. The van der Waals surface area contributed by atoms with E-state index in [-0.39, 0.29) is 17.2 Å². The third-order valence-electron chi connectivity index (χ3n) is 3.13.